The fourth-order valence-electron chi connectivity index (χ4n) is 2.34. The van der Waals surface area contributed by atoms with E-state index in [0.29, 0.717) is 18.8 Å². The van der Waals surface area contributed by atoms with Gasteiger partial charge in [-0.2, -0.15) is 4.58 Å². The number of ether oxygens (including phenoxy) is 1. The number of nitrogens with zero attached hydrogens (tertiary/aromatic N) is 1. The van der Waals surface area contributed by atoms with E-state index in [1.165, 1.54) is 0 Å². The Balaban J connectivity index is 1.73. The van der Waals surface area contributed by atoms with Gasteiger partial charge in [0.05, 0.1) is 31.5 Å². The Morgan fingerprint density at radius 1 is 1.26 bits per heavy atom. The quantitative estimate of drug-likeness (QED) is 0.317. The summed E-state index contributed by atoms with van der Waals surface area (Å²) in [7, 11) is 0. The summed E-state index contributed by atoms with van der Waals surface area (Å²) in [5.41, 5.74) is 2.12. The minimum absolute atomic E-state index is 0.572. The van der Waals surface area contributed by atoms with Crippen molar-refractivity contribution in [3.63, 3.8) is 0 Å². The summed E-state index contributed by atoms with van der Waals surface area (Å²) in [6.07, 6.45) is 8.75. The van der Waals surface area contributed by atoms with Gasteiger partial charge in [-0.1, -0.05) is 25.5 Å². The van der Waals surface area contributed by atoms with Crippen LogP contribution in [-0.4, -0.2) is 22.4 Å². The molecule has 5 nitrogen and oxygen atoms in total. The number of nitrogens with one attached hydrogen (secondary N) is 1. The molecule has 0 amide bonds. The summed E-state index contributed by atoms with van der Waals surface area (Å²) >= 11 is 0. The van der Waals surface area contributed by atoms with E-state index in [4.69, 9.17) is 4.74 Å². The molecule has 1 aromatic heterocycles. The Bertz CT molecular complexity index is 577. The molecular weight excluding hydrogens is 292 g/mol. The molecule has 0 aliphatic heterocycles. The van der Waals surface area contributed by atoms with Gasteiger partial charge < -0.3 is 15.0 Å². The van der Waals surface area contributed by atoms with Gasteiger partial charge in [0.25, 0.3) is 0 Å². The van der Waals surface area contributed by atoms with E-state index in [9.17, 15) is 5.26 Å². The van der Waals surface area contributed by atoms with Crippen molar-refractivity contribution in [3.8, 4) is 5.75 Å². The first-order valence-electron chi connectivity index (χ1n) is 8.15. The van der Waals surface area contributed by atoms with Crippen LogP contribution in [0.25, 0.3) is 0 Å². The van der Waals surface area contributed by atoms with E-state index in [0.717, 1.165) is 49.1 Å². The van der Waals surface area contributed by atoms with Gasteiger partial charge in [0.2, 0.25) is 0 Å². The molecule has 2 aromatic rings. The van der Waals surface area contributed by atoms with Gasteiger partial charge in [0.15, 0.2) is 0 Å². The third-order valence-corrected chi connectivity index (χ3v) is 3.65. The van der Waals surface area contributed by atoms with Gasteiger partial charge in [0, 0.05) is 6.20 Å². The molecule has 0 spiro atoms. The molecule has 0 bridgehead atoms. The number of H-pyrrole nitrogens is 1. The summed E-state index contributed by atoms with van der Waals surface area (Å²) < 4.78 is 9.95. The first-order chi connectivity index (χ1) is 11.3. The molecule has 0 atom stereocenters. The number of unbranched alkanes of at least 4 members (excludes halogenated alkanes) is 1. The van der Waals surface area contributed by atoms with Crippen LogP contribution in [0.1, 0.15) is 43.9 Å². The van der Waals surface area contributed by atoms with Gasteiger partial charge in [-0.05, 0) is 37.0 Å². The molecule has 1 N–H and O–H groups in total. The number of ketones is 1. The second-order valence-electron chi connectivity index (χ2n) is 5.56. The van der Waals surface area contributed by atoms with E-state index in [1.54, 1.807) is 6.33 Å². The molecule has 0 radical (unpaired) electrons. The highest BCUT2D eigenvalue weighted by atomic mass is 17.1. The summed E-state index contributed by atoms with van der Waals surface area (Å²) in [5.74, 6) is 1.44. The largest absolute Gasteiger partial charge is 0.494 e. The average molecular weight is 316 g/mol. The molecule has 0 saturated heterocycles. The Labute approximate surface area is 137 Å². The molecule has 1 aromatic carbocycles. The van der Waals surface area contributed by atoms with Crippen LogP contribution in [0.4, 0.5) is 0 Å². The van der Waals surface area contributed by atoms with E-state index in [1.807, 2.05) is 30.5 Å². The fourth-order valence-corrected chi connectivity index (χ4v) is 2.34. The normalized spacial score (nSPS) is 11.6. The molecule has 0 unspecified atom stereocenters. The lowest BCUT2D eigenvalue weighted by molar-refractivity contribution is -1.05. The maximum Gasteiger partial charge on any atom is 0.333 e. The van der Waals surface area contributed by atoms with E-state index in [2.05, 4.69) is 21.5 Å². The highest BCUT2D eigenvalue weighted by molar-refractivity contribution is 5.81. The zero-order valence-corrected chi connectivity index (χ0v) is 13.6. The van der Waals surface area contributed by atoms with Gasteiger partial charge in [-0.3, -0.25) is 0 Å². The Hall–Kier alpha value is -2.30. The SMILES string of the molecule is CCCCC(Cc1ccc(OCCCc2c[nH]cn2)cc1)=[O+][O-]. The summed E-state index contributed by atoms with van der Waals surface area (Å²) in [4.78, 5) is 7.12. The lowest BCUT2D eigenvalue weighted by atomic mass is 10.1. The van der Waals surface area contributed by atoms with Gasteiger partial charge in [0.1, 0.15) is 5.75 Å². The van der Waals surface area contributed by atoms with Gasteiger partial charge in [-0.15, -0.1) is 0 Å². The molecule has 0 aliphatic carbocycles. The molecule has 124 valence electrons. The number of carbonyl (C=O) groups excluding carboxylic acids is 1. The standard InChI is InChI=1S/C18H24N2O3/c1-2-3-6-18(23-21)12-15-7-9-17(10-8-15)22-11-4-5-16-13-19-14-20-16/h7-10,13-14H,2-6,11-12H2,1H3,(H,19,20). The minimum atomic E-state index is 0.572. The molecule has 2 rings (SSSR count). The number of imidazole rings is 1. The smallest absolute Gasteiger partial charge is 0.333 e. The predicted molar refractivity (Wildman–Crippen MR) is 87.1 cm³/mol. The second-order valence-corrected chi connectivity index (χ2v) is 5.56. The molecule has 0 saturated carbocycles. The zero-order chi connectivity index (χ0) is 16.3. The van der Waals surface area contributed by atoms with Crippen LogP contribution in [-0.2, 0) is 17.4 Å². The Kier molecular flexibility index (Phi) is 7.17. The molecule has 0 fully saturated rings. The van der Waals surface area contributed by atoms with Gasteiger partial charge in [-0.25, -0.2) is 4.98 Å². The van der Waals surface area contributed by atoms with Crippen LogP contribution in [0, 0.1) is 0 Å². The third-order valence-electron chi connectivity index (χ3n) is 3.65. The zero-order valence-electron chi connectivity index (χ0n) is 13.6. The lowest BCUT2D eigenvalue weighted by Gasteiger charge is -2.06. The number of aromatic amines is 1. The minimum Gasteiger partial charge on any atom is -0.494 e. The van der Waals surface area contributed by atoms with E-state index >= 15 is 0 Å². The Morgan fingerprint density at radius 3 is 2.74 bits per heavy atom. The third kappa shape index (κ3) is 6.14. The van der Waals surface area contributed by atoms with Gasteiger partial charge >= 0.3 is 5.78 Å². The molecule has 0 aliphatic rings. The molecular formula is C18H24N2O3. The van der Waals surface area contributed by atoms with Crippen molar-refractivity contribution in [2.75, 3.05) is 6.61 Å². The number of aryl methyl sites for hydroxylation is 1. The number of hydrogen-bond acceptors (Lipinski definition) is 3. The van der Waals surface area contributed by atoms with Crippen molar-refractivity contribution in [3.05, 3.63) is 48.0 Å². The highest BCUT2D eigenvalue weighted by Crippen LogP contribution is 2.14. The van der Waals surface area contributed by atoms with Crippen LogP contribution in [0.3, 0.4) is 0 Å². The first kappa shape index (κ1) is 17.1. The van der Waals surface area contributed by atoms with Crippen LogP contribution in [0.15, 0.2) is 36.8 Å². The van der Waals surface area contributed by atoms with Crippen molar-refractivity contribution in [1.29, 1.82) is 0 Å². The average Bonchev–Trinajstić information content (AvgIpc) is 3.10. The summed E-state index contributed by atoms with van der Waals surface area (Å²) in [5, 5.41) is 10.7. The van der Waals surface area contributed by atoms with Crippen molar-refractivity contribution in [2.24, 2.45) is 0 Å². The van der Waals surface area contributed by atoms with Crippen molar-refractivity contribution in [2.45, 2.75) is 45.4 Å². The monoisotopic (exact) mass is 316 g/mol. The fraction of sp³-hybridized carbons (Fsp3) is 0.444. The second kappa shape index (κ2) is 9.66. The highest BCUT2D eigenvalue weighted by Gasteiger charge is 2.12. The molecule has 1 heterocycles. The van der Waals surface area contributed by atoms with E-state index in [-0.39, 0.29) is 0 Å². The van der Waals surface area contributed by atoms with Crippen molar-refractivity contribution in [1.82, 2.24) is 9.97 Å². The van der Waals surface area contributed by atoms with Crippen molar-refractivity contribution >= 4 is 5.78 Å². The predicted octanol–water partition coefficient (Wildman–Crippen LogP) is 2.53. The summed E-state index contributed by atoms with van der Waals surface area (Å²) in [6.45, 7) is 2.75. The maximum absolute atomic E-state index is 10.7. The van der Waals surface area contributed by atoms with Crippen LogP contribution in [0.5, 0.6) is 5.75 Å². The lowest BCUT2D eigenvalue weighted by Crippen LogP contribution is -2.12. The van der Waals surface area contributed by atoms with Crippen LogP contribution >= 0.6 is 0 Å². The summed E-state index contributed by atoms with van der Waals surface area (Å²) in [6, 6.07) is 7.83. The van der Waals surface area contributed by atoms with Crippen LogP contribution < -0.4 is 9.99 Å². The number of benzene rings is 1. The topological polar surface area (TPSA) is 72.3 Å². The van der Waals surface area contributed by atoms with Crippen LogP contribution in [0.2, 0.25) is 0 Å². The number of aromatic nitrogens is 2. The number of hydrogen-bond donors (Lipinski definition) is 1. The number of rotatable bonds is 10. The van der Waals surface area contributed by atoms with Crippen molar-refractivity contribution < 1.29 is 14.6 Å². The first-order valence-corrected chi connectivity index (χ1v) is 8.15. The Morgan fingerprint density at radius 2 is 2.09 bits per heavy atom. The van der Waals surface area contributed by atoms with E-state index < -0.39 is 0 Å². The molecule has 23 heavy (non-hydrogen) atoms. The molecule has 5 heteroatoms. The maximum atomic E-state index is 10.7.